The summed E-state index contributed by atoms with van der Waals surface area (Å²) in [5.41, 5.74) is 3.69. The lowest BCUT2D eigenvalue weighted by Crippen LogP contribution is -2.24. The molecule has 0 aliphatic rings. The number of rotatable bonds is 1. The Labute approximate surface area is 115 Å². The quantitative estimate of drug-likeness (QED) is 0.776. The summed E-state index contributed by atoms with van der Waals surface area (Å²) in [6, 6.07) is 3.99. The van der Waals surface area contributed by atoms with Gasteiger partial charge in [-0.05, 0) is 23.1 Å². The van der Waals surface area contributed by atoms with Crippen molar-refractivity contribution in [1.29, 1.82) is 0 Å². The summed E-state index contributed by atoms with van der Waals surface area (Å²) in [6.07, 6.45) is 5.64. The van der Waals surface area contributed by atoms with Crippen LogP contribution in [0.4, 0.5) is 0 Å². The van der Waals surface area contributed by atoms with Gasteiger partial charge in [-0.25, -0.2) is 4.68 Å². The predicted molar refractivity (Wildman–Crippen MR) is 78.8 cm³/mol. The average molecular weight is 257 g/mol. The van der Waals surface area contributed by atoms with Gasteiger partial charge in [0.15, 0.2) is 0 Å². The van der Waals surface area contributed by atoms with E-state index in [1.165, 1.54) is 11.3 Å². The van der Waals surface area contributed by atoms with Gasteiger partial charge >= 0.3 is 0 Å². The molecule has 3 nitrogen and oxygen atoms in total. The summed E-state index contributed by atoms with van der Waals surface area (Å²) in [6.45, 7) is 13.4. The van der Waals surface area contributed by atoms with Crippen LogP contribution in [0.15, 0.2) is 30.7 Å². The Morgan fingerprint density at radius 2 is 1.63 bits per heavy atom. The van der Waals surface area contributed by atoms with E-state index in [2.05, 4.69) is 51.6 Å². The van der Waals surface area contributed by atoms with E-state index in [9.17, 15) is 0 Å². The second-order valence-corrected chi connectivity index (χ2v) is 7.03. The minimum Gasteiger partial charge on any atom is -0.262 e. The SMILES string of the molecule is CC(C)(C)c1cnn(-c2cccnc2)c1C(C)(C)C. The minimum absolute atomic E-state index is 0.0367. The molecular formula is C16H23N3. The van der Waals surface area contributed by atoms with E-state index in [0.717, 1.165) is 5.69 Å². The molecule has 0 spiro atoms. The molecule has 2 rings (SSSR count). The first-order chi connectivity index (χ1) is 8.71. The molecule has 0 N–H and O–H groups in total. The van der Waals surface area contributed by atoms with Crippen molar-refractivity contribution in [3.05, 3.63) is 42.0 Å². The van der Waals surface area contributed by atoms with Gasteiger partial charge in [0, 0.05) is 11.6 Å². The molecule has 0 saturated carbocycles. The summed E-state index contributed by atoms with van der Waals surface area (Å²) in [5, 5.41) is 4.60. The lowest BCUT2D eigenvalue weighted by Gasteiger charge is -2.27. The molecule has 2 aromatic rings. The van der Waals surface area contributed by atoms with Gasteiger partial charge in [-0.3, -0.25) is 4.98 Å². The van der Waals surface area contributed by atoms with Crippen LogP contribution in [0, 0.1) is 0 Å². The highest BCUT2D eigenvalue weighted by molar-refractivity contribution is 5.38. The van der Waals surface area contributed by atoms with Gasteiger partial charge in [0.1, 0.15) is 0 Å². The van der Waals surface area contributed by atoms with Crippen molar-refractivity contribution in [1.82, 2.24) is 14.8 Å². The van der Waals surface area contributed by atoms with Crippen LogP contribution < -0.4 is 0 Å². The van der Waals surface area contributed by atoms with E-state index >= 15 is 0 Å². The van der Waals surface area contributed by atoms with E-state index in [1.807, 2.05) is 29.2 Å². The Balaban J connectivity index is 2.68. The van der Waals surface area contributed by atoms with Crippen LogP contribution in [0.5, 0.6) is 0 Å². The molecule has 3 heteroatoms. The van der Waals surface area contributed by atoms with Crippen molar-refractivity contribution in [3.8, 4) is 5.69 Å². The summed E-state index contributed by atoms with van der Waals surface area (Å²) >= 11 is 0. The molecule has 0 amide bonds. The molecule has 0 atom stereocenters. The first-order valence-corrected chi connectivity index (χ1v) is 6.70. The molecule has 0 aromatic carbocycles. The Bertz CT molecular complexity index is 554. The van der Waals surface area contributed by atoms with Gasteiger partial charge in [0.05, 0.1) is 23.8 Å². The fourth-order valence-corrected chi connectivity index (χ4v) is 2.29. The lowest BCUT2D eigenvalue weighted by molar-refractivity contribution is 0.506. The van der Waals surface area contributed by atoms with Crippen molar-refractivity contribution >= 4 is 0 Å². The van der Waals surface area contributed by atoms with E-state index in [0.29, 0.717) is 0 Å². The Morgan fingerprint density at radius 1 is 0.947 bits per heavy atom. The zero-order valence-corrected chi connectivity index (χ0v) is 12.7. The van der Waals surface area contributed by atoms with Crippen LogP contribution in [0.3, 0.4) is 0 Å². The highest BCUT2D eigenvalue weighted by atomic mass is 15.3. The van der Waals surface area contributed by atoms with Crippen molar-refractivity contribution in [2.45, 2.75) is 52.4 Å². The number of hydrogen-bond donors (Lipinski definition) is 0. The maximum Gasteiger partial charge on any atom is 0.0832 e. The molecule has 0 fully saturated rings. The normalized spacial score (nSPS) is 12.7. The van der Waals surface area contributed by atoms with Crippen LogP contribution in [0.25, 0.3) is 5.69 Å². The first-order valence-electron chi connectivity index (χ1n) is 6.70. The molecule has 2 heterocycles. The Morgan fingerprint density at radius 3 is 2.11 bits per heavy atom. The molecule has 0 unspecified atom stereocenters. The Hall–Kier alpha value is -1.64. The van der Waals surface area contributed by atoms with Gasteiger partial charge in [-0.1, -0.05) is 41.5 Å². The topological polar surface area (TPSA) is 30.7 Å². The van der Waals surface area contributed by atoms with Crippen molar-refractivity contribution in [2.75, 3.05) is 0 Å². The average Bonchev–Trinajstić information content (AvgIpc) is 2.74. The van der Waals surface area contributed by atoms with E-state index in [1.54, 1.807) is 6.20 Å². The molecule has 102 valence electrons. The molecular weight excluding hydrogens is 234 g/mol. The van der Waals surface area contributed by atoms with Crippen LogP contribution >= 0.6 is 0 Å². The van der Waals surface area contributed by atoms with Gasteiger partial charge < -0.3 is 0 Å². The summed E-state index contributed by atoms with van der Waals surface area (Å²) in [5.74, 6) is 0. The smallest absolute Gasteiger partial charge is 0.0832 e. The summed E-state index contributed by atoms with van der Waals surface area (Å²) in [4.78, 5) is 4.19. The van der Waals surface area contributed by atoms with Crippen LogP contribution in [-0.2, 0) is 10.8 Å². The van der Waals surface area contributed by atoms with E-state index < -0.39 is 0 Å². The van der Waals surface area contributed by atoms with Crippen LogP contribution in [-0.4, -0.2) is 14.8 Å². The molecule has 19 heavy (non-hydrogen) atoms. The predicted octanol–water partition coefficient (Wildman–Crippen LogP) is 3.86. The number of aromatic nitrogens is 3. The second kappa shape index (κ2) is 4.48. The molecule has 0 saturated heterocycles. The standard InChI is InChI=1S/C16H23N3/c1-15(2,3)13-11-18-19(14(13)16(4,5)6)12-8-7-9-17-10-12/h7-11H,1-6H3. The van der Waals surface area contributed by atoms with Gasteiger partial charge in [-0.15, -0.1) is 0 Å². The first kappa shape index (κ1) is 13.8. The maximum atomic E-state index is 4.60. The fourth-order valence-electron chi connectivity index (χ4n) is 2.29. The summed E-state index contributed by atoms with van der Waals surface area (Å²) in [7, 11) is 0. The molecule has 0 radical (unpaired) electrons. The molecule has 0 aliphatic heterocycles. The van der Waals surface area contributed by atoms with Crippen molar-refractivity contribution < 1.29 is 0 Å². The van der Waals surface area contributed by atoms with Gasteiger partial charge in [-0.2, -0.15) is 5.10 Å². The van der Waals surface area contributed by atoms with Crippen molar-refractivity contribution in [2.24, 2.45) is 0 Å². The highest BCUT2D eigenvalue weighted by Gasteiger charge is 2.30. The molecule has 0 bridgehead atoms. The van der Waals surface area contributed by atoms with Crippen LogP contribution in [0.1, 0.15) is 52.8 Å². The van der Waals surface area contributed by atoms with Gasteiger partial charge in [0.2, 0.25) is 0 Å². The zero-order valence-electron chi connectivity index (χ0n) is 12.7. The van der Waals surface area contributed by atoms with Crippen molar-refractivity contribution in [3.63, 3.8) is 0 Å². The number of pyridine rings is 1. The van der Waals surface area contributed by atoms with Crippen LogP contribution in [0.2, 0.25) is 0 Å². The monoisotopic (exact) mass is 257 g/mol. The lowest BCUT2D eigenvalue weighted by atomic mass is 9.79. The van der Waals surface area contributed by atoms with E-state index in [-0.39, 0.29) is 10.8 Å². The third-order valence-corrected chi connectivity index (χ3v) is 3.18. The largest absolute Gasteiger partial charge is 0.262 e. The highest BCUT2D eigenvalue weighted by Crippen LogP contribution is 2.34. The third-order valence-electron chi connectivity index (χ3n) is 3.18. The third kappa shape index (κ3) is 2.70. The molecule has 0 aliphatic carbocycles. The molecule has 2 aromatic heterocycles. The Kier molecular flexibility index (Phi) is 3.25. The van der Waals surface area contributed by atoms with E-state index in [4.69, 9.17) is 0 Å². The zero-order chi connectivity index (χ0) is 14.3. The fraction of sp³-hybridized carbons (Fsp3) is 0.500. The minimum atomic E-state index is 0.0367. The summed E-state index contributed by atoms with van der Waals surface area (Å²) < 4.78 is 2.02. The number of hydrogen-bond acceptors (Lipinski definition) is 2. The number of nitrogens with zero attached hydrogens (tertiary/aromatic N) is 3. The maximum absolute atomic E-state index is 4.60. The van der Waals surface area contributed by atoms with Gasteiger partial charge in [0.25, 0.3) is 0 Å². The second-order valence-electron chi connectivity index (χ2n) is 7.03.